The van der Waals surface area contributed by atoms with Crippen LogP contribution in [0.3, 0.4) is 0 Å². The monoisotopic (exact) mass is 568 g/mol. The van der Waals surface area contributed by atoms with Gasteiger partial charge in [-0.2, -0.15) is 0 Å². The molecule has 226 valence electrons. The summed E-state index contributed by atoms with van der Waals surface area (Å²) in [5, 5.41) is 15.5. The van der Waals surface area contributed by atoms with E-state index in [1.807, 2.05) is 54.6 Å². The largest absolute Gasteiger partial charge is 0.496 e. The van der Waals surface area contributed by atoms with Crippen molar-refractivity contribution in [3.05, 3.63) is 65.7 Å². The van der Waals surface area contributed by atoms with Gasteiger partial charge in [-0.05, 0) is 63.5 Å². The highest BCUT2D eigenvalue weighted by Crippen LogP contribution is 2.17. The molecule has 0 fully saturated rings. The number of amides is 3. The van der Waals surface area contributed by atoms with Gasteiger partial charge in [0.25, 0.3) is 0 Å². The Morgan fingerprint density at radius 3 is 2.05 bits per heavy atom. The molecule has 10 heteroatoms. The van der Waals surface area contributed by atoms with Crippen LogP contribution in [-0.4, -0.2) is 76.7 Å². The van der Waals surface area contributed by atoms with Crippen molar-refractivity contribution in [2.45, 2.75) is 51.0 Å². The van der Waals surface area contributed by atoms with Gasteiger partial charge in [0.1, 0.15) is 11.8 Å². The van der Waals surface area contributed by atoms with Crippen molar-refractivity contribution < 1.29 is 19.1 Å². The third kappa shape index (κ3) is 15.2. The molecule has 2 aromatic carbocycles. The second-order valence-corrected chi connectivity index (χ2v) is 9.91. The fraction of sp³-hybridized carbons (Fsp3) is 0.516. The molecule has 0 aromatic heterocycles. The highest BCUT2D eigenvalue weighted by atomic mass is 16.5. The zero-order valence-corrected chi connectivity index (χ0v) is 24.4. The molecule has 2 rings (SSSR count). The summed E-state index contributed by atoms with van der Waals surface area (Å²) in [5.41, 5.74) is 7.01. The Bertz CT molecular complexity index is 1020. The Kier molecular flexibility index (Phi) is 17.5. The summed E-state index contributed by atoms with van der Waals surface area (Å²) in [6.45, 7) is 4.95. The fourth-order valence-corrected chi connectivity index (χ4v) is 4.31. The minimum atomic E-state index is -0.653. The standard InChI is InChI=1S/C31H48N6O4/c1-41-28-15-7-6-14-26(28)23-29(38)37-27(22-25-12-4-2-5-13-25)31(40)36-20-9-3-8-16-33-17-10-18-34-19-11-21-35-30(39)24-32/h2,4-7,12-15,27,33-34H,3,8-11,16-24,32H2,1H3,(H,35,39)(H,36,40)(H,37,38)/t27-/m0/s1. The molecule has 0 aliphatic rings. The quantitative estimate of drug-likeness (QED) is 0.117. The van der Waals surface area contributed by atoms with Gasteiger partial charge in [0, 0.05) is 25.1 Å². The number of unbranched alkanes of at least 4 members (excludes halogenated alkanes) is 2. The van der Waals surface area contributed by atoms with Crippen LogP contribution in [0.5, 0.6) is 5.75 Å². The first kappa shape index (κ1) is 33.7. The third-order valence-electron chi connectivity index (χ3n) is 6.55. The number of para-hydroxylation sites is 1. The molecule has 3 amide bonds. The molecule has 2 aromatic rings. The van der Waals surface area contributed by atoms with E-state index in [1.165, 1.54) is 0 Å². The fourth-order valence-electron chi connectivity index (χ4n) is 4.31. The van der Waals surface area contributed by atoms with Gasteiger partial charge in [-0.3, -0.25) is 14.4 Å². The lowest BCUT2D eigenvalue weighted by atomic mass is 10.0. The van der Waals surface area contributed by atoms with Crippen LogP contribution in [-0.2, 0) is 27.2 Å². The lowest BCUT2D eigenvalue weighted by molar-refractivity contribution is -0.128. The molecule has 0 saturated carbocycles. The average molecular weight is 569 g/mol. The maximum absolute atomic E-state index is 13.0. The summed E-state index contributed by atoms with van der Waals surface area (Å²) in [6.07, 6.45) is 5.41. The predicted octanol–water partition coefficient (Wildman–Crippen LogP) is 1.29. The van der Waals surface area contributed by atoms with Crippen LogP contribution in [0.25, 0.3) is 0 Å². The molecule has 1 atom stereocenters. The topological polar surface area (TPSA) is 147 Å². The number of ether oxygens (including phenoxy) is 1. The molecular formula is C31H48N6O4. The summed E-state index contributed by atoms with van der Waals surface area (Å²) in [6, 6.07) is 16.5. The molecule has 0 heterocycles. The van der Waals surface area contributed by atoms with Gasteiger partial charge in [-0.1, -0.05) is 55.0 Å². The van der Waals surface area contributed by atoms with Crippen molar-refractivity contribution in [1.29, 1.82) is 0 Å². The van der Waals surface area contributed by atoms with E-state index in [4.69, 9.17) is 10.5 Å². The van der Waals surface area contributed by atoms with Gasteiger partial charge in [0.15, 0.2) is 0 Å². The number of benzene rings is 2. The van der Waals surface area contributed by atoms with Crippen LogP contribution in [0, 0.1) is 0 Å². The van der Waals surface area contributed by atoms with E-state index in [-0.39, 0.29) is 30.7 Å². The first-order valence-corrected chi connectivity index (χ1v) is 14.6. The molecule has 0 saturated heterocycles. The van der Waals surface area contributed by atoms with Gasteiger partial charge in [-0.25, -0.2) is 0 Å². The molecule has 10 nitrogen and oxygen atoms in total. The number of nitrogens with one attached hydrogen (secondary N) is 5. The van der Waals surface area contributed by atoms with E-state index in [1.54, 1.807) is 7.11 Å². The maximum Gasteiger partial charge on any atom is 0.242 e. The number of nitrogens with two attached hydrogens (primary N) is 1. The Labute approximate surface area is 244 Å². The summed E-state index contributed by atoms with van der Waals surface area (Å²) in [5.74, 6) is 0.144. The van der Waals surface area contributed by atoms with Crippen molar-refractivity contribution in [1.82, 2.24) is 26.6 Å². The smallest absolute Gasteiger partial charge is 0.242 e. The molecule has 7 N–H and O–H groups in total. The second-order valence-electron chi connectivity index (χ2n) is 9.91. The molecular weight excluding hydrogens is 520 g/mol. The molecule has 0 bridgehead atoms. The van der Waals surface area contributed by atoms with Crippen LogP contribution in [0.15, 0.2) is 54.6 Å². The van der Waals surface area contributed by atoms with Crippen LogP contribution in [0.1, 0.15) is 43.2 Å². The first-order chi connectivity index (χ1) is 20.0. The van der Waals surface area contributed by atoms with Gasteiger partial charge in [0.2, 0.25) is 17.7 Å². The number of hydrogen-bond acceptors (Lipinski definition) is 7. The van der Waals surface area contributed by atoms with E-state index < -0.39 is 6.04 Å². The van der Waals surface area contributed by atoms with Crippen molar-refractivity contribution in [3.63, 3.8) is 0 Å². The van der Waals surface area contributed by atoms with E-state index in [0.29, 0.717) is 25.3 Å². The SMILES string of the molecule is COc1ccccc1CC(=O)N[C@@H](Cc1ccccc1)C(=O)NCCCCCNCCCNCCCNC(=O)CN. The Morgan fingerprint density at radius 1 is 0.732 bits per heavy atom. The molecule has 0 radical (unpaired) electrons. The summed E-state index contributed by atoms with van der Waals surface area (Å²) in [4.78, 5) is 36.9. The van der Waals surface area contributed by atoms with Gasteiger partial charge >= 0.3 is 0 Å². The van der Waals surface area contributed by atoms with E-state index in [2.05, 4.69) is 26.6 Å². The van der Waals surface area contributed by atoms with Gasteiger partial charge in [-0.15, -0.1) is 0 Å². The lowest BCUT2D eigenvalue weighted by Gasteiger charge is -2.19. The molecule has 0 unspecified atom stereocenters. The summed E-state index contributed by atoms with van der Waals surface area (Å²) < 4.78 is 5.36. The molecule has 41 heavy (non-hydrogen) atoms. The Morgan fingerprint density at radius 2 is 1.34 bits per heavy atom. The minimum Gasteiger partial charge on any atom is -0.496 e. The number of carbonyl (C=O) groups excluding carboxylic acids is 3. The molecule has 0 aliphatic heterocycles. The highest BCUT2D eigenvalue weighted by Gasteiger charge is 2.21. The normalized spacial score (nSPS) is 11.5. The first-order valence-electron chi connectivity index (χ1n) is 14.6. The van der Waals surface area contributed by atoms with E-state index in [0.717, 1.165) is 69.4 Å². The van der Waals surface area contributed by atoms with Crippen LogP contribution < -0.4 is 37.1 Å². The van der Waals surface area contributed by atoms with Crippen molar-refractivity contribution in [2.75, 3.05) is 52.9 Å². The predicted molar refractivity (Wildman–Crippen MR) is 163 cm³/mol. The van der Waals surface area contributed by atoms with Crippen LogP contribution in [0.4, 0.5) is 0 Å². The zero-order chi connectivity index (χ0) is 29.5. The Balaban J connectivity index is 1.61. The van der Waals surface area contributed by atoms with Gasteiger partial charge in [0.05, 0.1) is 20.1 Å². The number of hydrogen-bond donors (Lipinski definition) is 6. The van der Waals surface area contributed by atoms with Crippen molar-refractivity contribution in [3.8, 4) is 5.75 Å². The van der Waals surface area contributed by atoms with E-state index >= 15 is 0 Å². The summed E-state index contributed by atoms with van der Waals surface area (Å²) in [7, 11) is 1.58. The second kappa shape index (κ2) is 21.3. The number of methoxy groups -OCH3 is 1. The van der Waals surface area contributed by atoms with Crippen LogP contribution >= 0.6 is 0 Å². The molecule has 0 spiro atoms. The minimum absolute atomic E-state index is 0.0365. The zero-order valence-electron chi connectivity index (χ0n) is 24.4. The molecule has 0 aliphatic carbocycles. The van der Waals surface area contributed by atoms with Crippen molar-refractivity contribution >= 4 is 17.7 Å². The highest BCUT2D eigenvalue weighted by molar-refractivity contribution is 5.88. The van der Waals surface area contributed by atoms with Crippen molar-refractivity contribution in [2.24, 2.45) is 5.73 Å². The third-order valence-corrected chi connectivity index (χ3v) is 6.55. The average Bonchev–Trinajstić information content (AvgIpc) is 2.99. The Hall–Kier alpha value is -3.47. The maximum atomic E-state index is 13.0. The van der Waals surface area contributed by atoms with Gasteiger partial charge < -0.3 is 37.1 Å². The number of rotatable bonds is 22. The lowest BCUT2D eigenvalue weighted by Crippen LogP contribution is -2.48. The van der Waals surface area contributed by atoms with E-state index in [9.17, 15) is 14.4 Å². The van der Waals surface area contributed by atoms with Crippen LogP contribution in [0.2, 0.25) is 0 Å². The summed E-state index contributed by atoms with van der Waals surface area (Å²) >= 11 is 0. The number of carbonyl (C=O) groups is 3.